The van der Waals surface area contributed by atoms with E-state index in [0.717, 1.165) is 0 Å². The predicted octanol–water partition coefficient (Wildman–Crippen LogP) is 4.30. The molecule has 0 N–H and O–H groups in total. The van der Waals surface area contributed by atoms with Crippen molar-refractivity contribution >= 4 is 6.29 Å². The van der Waals surface area contributed by atoms with Crippen LogP contribution in [0.1, 0.15) is 0 Å². The normalized spacial score (nSPS) is 16.4. The van der Waals surface area contributed by atoms with E-state index in [0.29, 0.717) is 0 Å². The summed E-state index contributed by atoms with van der Waals surface area (Å²) in [5.41, 5.74) is 0. The summed E-state index contributed by atoms with van der Waals surface area (Å²) in [5, 5.41) is 0. The second-order valence-corrected chi connectivity index (χ2v) is 3.61. The lowest BCUT2D eigenvalue weighted by atomic mass is 10.2. The van der Waals surface area contributed by atoms with Gasteiger partial charge >= 0.3 is 42.3 Å². The highest BCUT2D eigenvalue weighted by Crippen LogP contribution is 2.52. The van der Waals surface area contributed by atoms with Crippen molar-refractivity contribution < 1.29 is 71.3 Å². The first-order valence-corrected chi connectivity index (χ1v) is 4.80. The van der Waals surface area contributed by atoms with Crippen LogP contribution >= 0.6 is 0 Å². The van der Waals surface area contributed by atoms with E-state index in [2.05, 4.69) is 0 Å². The van der Waals surface area contributed by atoms with E-state index in [-0.39, 0.29) is 0 Å². The maximum atomic E-state index is 13.3. The molecule has 0 saturated carbocycles. The fourth-order valence-corrected chi connectivity index (χ4v) is 0.812. The number of hydrogen-bond donors (Lipinski definition) is 0. The monoisotopic (exact) mass is 392 g/mol. The SMILES string of the molecule is O=CC(F)(F)C(F)(F)OC(F)(C(F)(F)F)C(F)(F)OC(F)=C(F)F. The zero-order valence-corrected chi connectivity index (χ0v) is 10.2. The quantitative estimate of drug-likeness (QED) is 0.368. The molecule has 3 nitrogen and oxygen atoms in total. The second-order valence-electron chi connectivity index (χ2n) is 3.61. The zero-order chi connectivity index (χ0) is 19.8. The van der Waals surface area contributed by atoms with Gasteiger partial charge in [0.15, 0.2) is 6.29 Å². The molecule has 24 heavy (non-hydrogen) atoms. The number of aldehydes is 1. The minimum absolute atomic E-state index is 1.68. The number of rotatable bonds is 7. The van der Waals surface area contributed by atoms with Crippen molar-refractivity contribution in [1.29, 1.82) is 0 Å². The molecule has 0 aliphatic heterocycles. The highest BCUT2D eigenvalue weighted by molar-refractivity contribution is 5.61. The van der Waals surface area contributed by atoms with Gasteiger partial charge in [0.05, 0.1) is 0 Å². The van der Waals surface area contributed by atoms with Crippen LogP contribution in [0.25, 0.3) is 0 Å². The average molecular weight is 392 g/mol. The molecule has 0 fully saturated rings. The molecule has 1 atom stereocenters. The Hall–Kier alpha value is -1.74. The van der Waals surface area contributed by atoms with Crippen LogP contribution in [-0.2, 0) is 14.3 Å². The zero-order valence-electron chi connectivity index (χ0n) is 10.2. The summed E-state index contributed by atoms with van der Waals surface area (Å²) in [6.45, 7) is 0. The van der Waals surface area contributed by atoms with Crippen LogP contribution in [-0.4, -0.2) is 36.5 Å². The molecule has 0 saturated heterocycles. The Kier molecular flexibility index (Phi) is 5.83. The molecule has 0 amide bonds. The Balaban J connectivity index is 6.11. The van der Waals surface area contributed by atoms with Gasteiger partial charge in [0.25, 0.3) is 0 Å². The maximum absolute atomic E-state index is 13.3. The van der Waals surface area contributed by atoms with Crippen molar-refractivity contribution in [1.82, 2.24) is 0 Å². The minimum atomic E-state index is -7.34. The van der Waals surface area contributed by atoms with Crippen molar-refractivity contribution in [3.8, 4) is 0 Å². The van der Waals surface area contributed by atoms with Crippen molar-refractivity contribution in [2.45, 2.75) is 30.2 Å². The molecular weight excluding hydrogens is 391 g/mol. The molecule has 0 aromatic rings. The third kappa shape index (κ3) is 4.02. The van der Waals surface area contributed by atoms with Crippen LogP contribution in [0.15, 0.2) is 12.1 Å². The maximum Gasteiger partial charge on any atom is 0.471 e. The molecule has 0 bridgehead atoms. The summed E-state index contributed by atoms with van der Waals surface area (Å²) in [6.07, 6.45) is -27.2. The molecule has 0 rings (SSSR count). The van der Waals surface area contributed by atoms with Crippen LogP contribution in [0.3, 0.4) is 0 Å². The lowest BCUT2D eigenvalue weighted by molar-refractivity contribution is -0.512. The smallest absolute Gasteiger partial charge is 0.398 e. The fraction of sp³-hybridized carbons (Fsp3) is 0.625. The molecule has 0 aliphatic rings. The van der Waals surface area contributed by atoms with E-state index in [9.17, 15) is 61.9 Å². The number of ether oxygens (including phenoxy) is 2. The molecule has 0 aliphatic carbocycles. The Morgan fingerprint density at radius 3 is 1.46 bits per heavy atom. The molecule has 0 radical (unpaired) electrons. The lowest BCUT2D eigenvalue weighted by Crippen LogP contribution is -2.63. The van der Waals surface area contributed by atoms with E-state index in [4.69, 9.17) is 0 Å². The van der Waals surface area contributed by atoms with Crippen LogP contribution in [0.5, 0.6) is 0 Å². The third-order valence-corrected chi connectivity index (χ3v) is 1.91. The van der Waals surface area contributed by atoms with Gasteiger partial charge in [0, 0.05) is 0 Å². The van der Waals surface area contributed by atoms with Crippen molar-refractivity contribution in [2.75, 3.05) is 0 Å². The average Bonchev–Trinajstić information content (AvgIpc) is 2.35. The Bertz CT molecular complexity index is 506. The standard InChI is InChI=1S/C8HF13O3/c9-2(10)3(11)23-8(20,21)5(14,6(15,16)17)24-7(18,19)4(12,13)1-22/h1H. The Morgan fingerprint density at radius 2 is 1.17 bits per heavy atom. The number of hydrogen-bond acceptors (Lipinski definition) is 3. The van der Waals surface area contributed by atoms with Gasteiger partial charge in [0.1, 0.15) is 0 Å². The van der Waals surface area contributed by atoms with Crippen molar-refractivity contribution in [2.24, 2.45) is 0 Å². The van der Waals surface area contributed by atoms with Gasteiger partial charge in [-0.1, -0.05) is 0 Å². The molecule has 0 aromatic heterocycles. The highest BCUT2D eigenvalue weighted by atomic mass is 19.4. The van der Waals surface area contributed by atoms with Gasteiger partial charge in [-0.3, -0.25) is 9.53 Å². The molecule has 16 heteroatoms. The van der Waals surface area contributed by atoms with E-state index < -0.39 is 48.6 Å². The van der Waals surface area contributed by atoms with E-state index in [1.54, 1.807) is 4.74 Å². The van der Waals surface area contributed by atoms with Crippen molar-refractivity contribution in [3.05, 3.63) is 12.1 Å². The van der Waals surface area contributed by atoms with Gasteiger partial charge in [-0.15, -0.1) is 0 Å². The van der Waals surface area contributed by atoms with Gasteiger partial charge < -0.3 is 4.74 Å². The molecule has 0 heterocycles. The van der Waals surface area contributed by atoms with Gasteiger partial charge in [0.2, 0.25) is 0 Å². The van der Waals surface area contributed by atoms with E-state index in [1.165, 1.54) is 0 Å². The molecule has 142 valence electrons. The molecule has 0 spiro atoms. The van der Waals surface area contributed by atoms with Gasteiger partial charge in [-0.25, -0.2) is 0 Å². The van der Waals surface area contributed by atoms with Crippen LogP contribution < -0.4 is 0 Å². The summed E-state index contributed by atoms with van der Waals surface area (Å²) in [6, 6.07) is -3.85. The van der Waals surface area contributed by atoms with Gasteiger partial charge in [-0.2, -0.15) is 57.1 Å². The summed E-state index contributed by atoms with van der Waals surface area (Å²) in [5.74, 6) is -13.5. The highest BCUT2D eigenvalue weighted by Gasteiger charge is 2.81. The molecule has 0 aromatic carbocycles. The summed E-state index contributed by atoms with van der Waals surface area (Å²) in [7, 11) is 0. The van der Waals surface area contributed by atoms with E-state index in [1.807, 2.05) is 4.74 Å². The second kappa shape index (κ2) is 6.29. The predicted molar refractivity (Wildman–Crippen MR) is 43.3 cm³/mol. The number of carbonyl (C=O) groups excluding carboxylic acids is 1. The molecular formula is C8HF13O3. The van der Waals surface area contributed by atoms with Crippen LogP contribution in [0, 0.1) is 0 Å². The summed E-state index contributed by atoms with van der Waals surface area (Å²) >= 11 is 0. The largest absolute Gasteiger partial charge is 0.471 e. The van der Waals surface area contributed by atoms with E-state index >= 15 is 0 Å². The molecule has 1 unspecified atom stereocenters. The Labute approximate surface area is 121 Å². The third-order valence-electron chi connectivity index (χ3n) is 1.91. The summed E-state index contributed by atoms with van der Waals surface area (Å²) < 4.78 is 165. The number of carbonyl (C=O) groups is 1. The first-order valence-electron chi connectivity index (χ1n) is 4.80. The topological polar surface area (TPSA) is 35.5 Å². The first kappa shape index (κ1) is 22.3. The minimum Gasteiger partial charge on any atom is -0.398 e. The summed E-state index contributed by atoms with van der Waals surface area (Å²) in [4.78, 5) is 9.63. The fourth-order valence-electron chi connectivity index (χ4n) is 0.812. The number of alkyl halides is 10. The van der Waals surface area contributed by atoms with Crippen molar-refractivity contribution in [3.63, 3.8) is 0 Å². The number of halogens is 13. The first-order chi connectivity index (χ1) is 10.3. The Morgan fingerprint density at radius 1 is 0.750 bits per heavy atom. The van der Waals surface area contributed by atoms with Crippen LogP contribution in [0.2, 0.25) is 0 Å². The van der Waals surface area contributed by atoms with Gasteiger partial charge in [-0.05, 0) is 0 Å². The lowest BCUT2D eigenvalue weighted by Gasteiger charge is -2.36. The van der Waals surface area contributed by atoms with Crippen LogP contribution in [0.4, 0.5) is 57.1 Å².